The number of furan rings is 1. The van der Waals surface area contributed by atoms with Crippen molar-refractivity contribution in [2.45, 2.75) is 38.1 Å². The fourth-order valence-electron chi connectivity index (χ4n) is 2.90. The number of amides is 2. The SMILES string of the molecule is CCCC(=O)N[C@@]1(C(F)(F)F)N=C(c2ccccc2)N(Cc2ccco2)C1=O. The first-order valence-corrected chi connectivity index (χ1v) is 8.66. The van der Waals surface area contributed by atoms with E-state index in [0.29, 0.717) is 12.0 Å². The van der Waals surface area contributed by atoms with E-state index in [0.717, 1.165) is 4.90 Å². The van der Waals surface area contributed by atoms with Crippen LogP contribution in [0.5, 0.6) is 0 Å². The summed E-state index contributed by atoms with van der Waals surface area (Å²) < 4.78 is 47.2. The molecule has 0 saturated carbocycles. The van der Waals surface area contributed by atoms with Crippen LogP contribution in [-0.4, -0.2) is 34.4 Å². The van der Waals surface area contributed by atoms with Crippen molar-refractivity contribution in [3.63, 3.8) is 0 Å². The normalized spacial score (nSPS) is 19.6. The van der Waals surface area contributed by atoms with E-state index >= 15 is 0 Å². The van der Waals surface area contributed by atoms with Crippen LogP contribution in [0.4, 0.5) is 13.2 Å². The van der Waals surface area contributed by atoms with Crippen LogP contribution in [0.2, 0.25) is 0 Å². The maximum atomic E-state index is 14.0. The quantitative estimate of drug-likeness (QED) is 0.819. The average Bonchev–Trinajstić information content (AvgIpc) is 3.25. The number of nitrogens with one attached hydrogen (secondary N) is 1. The van der Waals surface area contributed by atoms with Gasteiger partial charge in [0.05, 0.1) is 12.8 Å². The molecule has 1 aromatic carbocycles. The summed E-state index contributed by atoms with van der Waals surface area (Å²) in [5, 5.41) is 1.82. The van der Waals surface area contributed by atoms with Gasteiger partial charge in [0.15, 0.2) is 0 Å². The number of halogens is 3. The molecular weight excluding hydrogens is 375 g/mol. The topological polar surface area (TPSA) is 74.9 Å². The summed E-state index contributed by atoms with van der Waals surface area (Å²) in [6, 6.07) is 11.1. The number of alkyl halides is 3. The summed E-state index contributed by atoms with van der Waals surface area (Å²) in [5.41, 5.74) is -3.05. The lowest BCUT2D eigenvalue weighted by atomic mass is 10.1. The van der Waals surface area contributed by atoms with Gasteiger partial charge >= 0.3 is 11.8 Å². The molecule has 0 saturated heterocycles. The van der Waals surface area contributed by atoms with Gasteiger partial charge in [-0.05, 0) is 18.6 Å². The largest absolute Gasteiger partial charge is 0.467 e. The van der Waals surface area contributed by atoms with E-state index in [4.69, 9.17) is 4.42 Å². The van der Waals surface area contributed by atoms with E-state index in [-0.39, 0.29) is 24.6 Å². The number of hydrogen-bond donors (Lipinski definition) is 1. The summed E-state index contributed by atoms with van der Waals surface area (Å²) in [4.78, 5) is 29.6. The van der Waals surface area contributed by atoms with E-state index in [1.807, 2.05) is 5.32 Å². The van der Waals surface area contributed by atoms with Crippen LogP contribution < -0.4 is 5.32 Å². The van der Waals surface area contributed by atoms with Crippen molar-refractivity contribution in [1.29, 1.82) is 0 Å². The monoisotopic (exact) mass is 393 g/mol. The minimum atomic E-state index is -5.12. The Bertz CT molecular complexity index is 879. The maximum absolute atomic E-state index is 14.0. The van der Waals surface area contributed by atoms with Crippen LogP contribution in [0.3, 0.4) is 0 Å². The van der Waals surface area contributed by atoms with Crippen LogP contribution >= 0.6 is 0 Å². The second kappa shape index (κ2) is 7.49. The highest BCUT2D eigenvalue weighted by atomic mass is 19.4. The molecule has 28 heavy (non-hydrogen) atoms. The smallest absolute Gasteiger partial charge is 0.442 e. The first-order valence-electron chi connectivity index (χ1n) is 8.66. The molecule has 1 aliphatic heterocycles. The highest BCUT2D eigenvalue weighted by Gasteiger charge is 2.67. The summed E-state index contributed by atoms with van der Waals surface area (Å²) >= 11 is 0. The molecule has 1 aliphatic rings. The molecular formula is C19H18F3N3O3. The Balaban J connectivity index is 2.10. The Labute approximate surface area is 159 Å². The van der Waals surface area contributed by atoms with Gasteiger partial charge in [0, 0.05) is 12.0 Å². The lowest BCUT2D eigenvalue weighted by Gasteiger charge is -2.29. The fraction of sp³-hybridized carbons (Fsp3) is 0.316. The molecule has 9 heteroatoms. The Hall–Kier alpha value is -3.10. The molecule has 2 amide bonds. The number of hydrogen-bond acceptors (Lipinski definition) is 4. The third-order valence-electron chi connectivity index (χ3n) is 4.22. The van der Waals surface area contributed by atoms with E-state index < -0.39 is 23.7 Å². The van der Waals surface area contributed by atoms with E-state index in [9.17, 15) is 22.8 Å². The number of carbonyl (C=O) groups excluding carboxylic acids is 2. The Kier molecular flexibility index (Phi) is 5.26. The molecule has 1 aromatic heterocycles. The van der Waals surface area contributed by atoms with Gasteiger partial charge in [-0.2, -0.15) is 13.2 Å². The van der Waals surface area contributed by atoms with Crippen molar-refractivity contribution in [1.82, 2.24) is 10.2 Å². The third-order valence-corrected chi connectivity index (χ3v) is 4.22. The lowest BCUT2D eigenvalue weighted by Crippen LogP contribution is -2.63. The van der Waals surface area contributed by atoms with Crippen molar-refractivity contribution in [3.05, 3.63) is 60.1 Å². The van der Waals surface area contributed by atoms with Gasteiger partial charge in [-0.25, -0.2) is 4.99 Å². The van der Waals surface area contributed by atoms with Gasteiger partial charge in [0.2, 0.25) is 5.91 Å². The van der Waals surface area contributed by atoms with E-state index in [1.54, 1.807) is 49.4 Å². The number of nitrogens with zero attached hydrogens (tertiary/aromatic N) is 2. The molecule has 0 spiro atoms. The Morgan fingerprint density at radius 3 is 2.50 bits per heavy atom. The fourth-order valence-corrected chi connectivity index (χ4v) is 2.90. The second-order valence-corrected chi connectivity index (χ2v) is 6.28. The van der Waals surface area contributed by atoms with Crippen molar-refractivity contribution in [2.75, 3.05) is 0 Å². The van der Waals surface area contributed by atoms with Gasteiger partial charge in [0.25, 0.3) is 5.91 Å². The Morgan fingerprint density at radius 1 is 1.21 bits per heavy atom. The van der Waals surface area contributed by atoms with Crippen molar-refractivity contribution in [3.8, 4) is 0 Å². The molecule has 6 nitrogen and oxygen atoms in total. The van der Waals surface area contributed by atoms with Crippen molar-refractivity contribution in [2.24, 2.45) is 4.99 Å². The van der Waals surface area contributed by atoms with Gasteiger partial charge in [-0.1, -0.05) is 37.3 Å². The van der Waals surface area contributed by atoms with E-state index in [2.05, 4.69) is 4.99 Å². The summed E-state index contributed by atoms with van der Waals surface area (Å²) in [6.45, 7) is 1.40. The molecule has 1 atom stereocenters. The summed E-state index contributed by atoms with van der Waals surface area (Å²) in [6.07, 6.45) is -3.58. The highest BCUT2D eigenvalue weighted by molar-refractivity contribution is 6.16. The van der Waals surface area contributed by atoms with Crippen LogP contribution in [0.1, 0.15) is 31.1 Å². The van der Waals surface area contributed by atoms with Gasteiger partial charge in [0.1, 0.15) is 11.6 Å². The van der Waals surface area contributed by atoms with Crippen LogP contribution in [0, 0.1) is 0 Å². The number of benzene rings is 1. The van der Waals surface area contributed by atoms with Crippen LogP contribution in [-0.2, 0) is 16.1 Å². The Morgan fingerprint density at radius 2 is 1.93 bits per heavy atom. The van der Waals surface area contributed by atoms with E-state index in [1.165, 1.54) is 6.26 Å². The highest BCUT2D eigenvalue weighted by Crippen LogP contribution is 2.39. The average molecular weight is 393 g/mol. The van der Waals surface area contributed by atoms with Crippen LogP contribution in [0.25, 0.3) is 0 Å². The number of carbonyl (C=O) groups is 2. The molecule has 0 radical (unpaired) electrons. The zero-order valence-corrected chi connectivity index (χ0v) is 15.0. The molecule has 0 unspecified atom stereocenters. The van der Waals surface area contributed by atoms with Crippen molar-refractivity contribution >= 4 is 17.6 Å². The molecule has 2 aromatic rings. The predicted molar refractivity (Wildman–Crippen MR) is 94.1 cm³/mol. The first kappa shape index (κ1) is 19.7. The maximum Gasteiger partial charge on any atom is 0.442 e. The van der Waals surface area contributed by atoms with Gasteiger partial charge < -0.3 is 9.73 Å². The molecule has 0 fully saturated rings. The minimum Gasteiger partial charge on any atom is -0.467 e. The first-order chi connectivity index (χ1) is 13.3. The molecule has 0 bridgehead atoms. The van der Waals surface area contributed by atoms with Crippen LogP contribution in [0.15, 0.2) is 58.1 Å². The molecule has 1 N–H and O–H groups in total. The molecule has 3 rings (SSSR count). The summed E-state index contributed by atoms with van der Waals surface area (Å²) in [5.74, 6) is -2.17. The van der Waals surface area contributed by atoms with Gasteiger partial charge in [-0.15, -0.1) is 0 Å². The summed E-state index contributed by atoms with van der Waals surface area (Å²) in [7, 11) is 0. The molecule has 0 aliphatic carbocycles. The standard InChI is InChI=1S/C19H18F3N3O3/c1-2-7-15(26)23-18(19(20,21)22)17(27)25(12-14-10-6-11-28-14)16(24-18)13-8-4-3-5-9-13/h3-6,8-11H,2,7,12H2,1H3,(H,23,26)/t18-/m1/s1. The minimum absolute atomic E-state index is 0.153. The van der Waals surface area contributed by atoms with Gasteiger partial charge in [-0.3, -0.25) is 14.5 Å². The molecule has 2 heterocycles. The number of amidine groups is 1. The predicted octanol–water partition coefficient (Wildman–Crippen LogP) is 3.24. The second-order valence-electron chi connectivity index (χ2n) is 6.28. The zero-order valence-electron chi connectivity index (χ0n) is 15.0. The lowest BCUT2D eigenvalue weighted by molar-refractivity contribution is -0.200. The number of rotatable bonds is 6. The third kappa shape index (κ3) is 3.51. The van der Waals surface area contributed by atoms with Crippen molar-refractivity contribution < 1.29 is 27.2 Å². The number of aliphatic imine (C=N–C) groups is 1. The molecule has 148 valence electrons. The zero-order chi connectivity index (χ0) is 20.4.